The van der Waals surface area contributed by atoms with Gasteiger partial charge in [0.1, 0.15) is 11.4 Å². The van der Waals surface area contributed by atoms with E-state index in [1.54, 1.807) is 25.2 Å². The second kappa shape index (κ2) is 9.53. The van der Waals surface area contributed by atoms with Crippen LogP contribution in [0.3, 0.4) is 0 Å². The highest BCUT2D eigenvalue weighted by molar-refractivity contribution is 7.89. The molecule has 1 saturated heterocycles. The monoisotopic (exact) mass is 474 g/mol. The van der Waals surface area contributed by atoms with E-state index in [0.717, 1.165) is 10.4 Å². The molecule has 32 heavy (non-hydrogen) atoms. The van der Waals surface area contributed by atoms with E-state index in [-0.39, 0.29) is 23.4 Å². The first-order valence-electron chi connectivity index (χ1n) is 10.4. The van der Waals surface area contributed by atoms with E-state index in [1.807, 2.05) is 47.8 Å². The Balaban J connectivity index is 1.55. The highest BCUT2D eigenvalue weighted by Crippen LogP contribution is 2.27. The molecule has 3 heterocycles. The fraction of sp³-hybridized carbons (Fsp3) is 0.364. The number of sulfonamides is 1. The fourth-order valence-corrected chi connectivity index (χ4v) is 6.47. The van der Waals surface area contributed by atoms with Crippen molar-refractivity contribution in [2.75, 3.05) is 26.3 Å². The summed E-state index contributed by atoms with van der Waals surface area (Å²) in [5.74, 6) is -0.242. The predicted octanol–water partition coefficient (Wildman–Crippen LogP) is 2.49. The molecule has 3 aromatic rings. The smallest absolute Gasteiger partial charge is 0.246 e. The summed E-state index contributed by atoms with van der Waals surface area (Å²) in [4.78, 5) is 14.2. The number of rotatable bonds is 7. The molecule has 1 N–H and O–H groups in total. The van der Waals surface area contributed by atoms with E-state index in [2.05, 4.69) is 10.4 Å². The number of benzene rings is 1. The van der Waals surface area contributed by atoms with Crippen LogP contribution in [-0.2, 0) is 26.1 Å². The molecule has 10 heteroatoms. The van der Waals surface area contributed by atoms with E-state index in [9.17, 15) is 13.2 Å². The lowest BCUT2D eigenvalue weighted by atomic mass is 10.1. The van der Waals surface area contributed by atoms with Crippen LogP contribution in [0.1, 0.15) is 27.9 Å². The molecule has 8 nitrogen and oxygen atoms in total. The summed E-state index contributed by atoms with van der Waals surface area (Å²) in [6.07, 6.45) is 0. The second-order valence-electron chi connectivity index (χ2n) is 7.60. The average Bonchev–Trinajstić information content (AvgIpc) is 3.41. The van der Waals surface area contributed by atoms with Crippen LogP contribution in [0, 0.1) is 13.8 Å². The number of carbonyl (C=O) groups excluding carboxylic acids is 1. The molecule has 0 bridgehead atoms. The minimum absolute atomic E-state index is 0.0694. The van der Waals surface area contributed by atoms with E-state index in [0.29, 0.717) is 37.7 Å². The number of thiophene rings is 1. The molecule has 0 aliphatic carbocycles. The Labute approximate surface area is 191 Å². The molecule has 2 aromatic heterocycles. The Morgan fingerprint density at radius 2 is 1.88 bits per heavy atom. The van der Waals surface area contributed by atoms with Crippen LogP contribution >= 0.6 is 11.3 Å². The van der Waals surface area contributed by atoms with Gasteiger partial charge in [0.25, 0.3) is 0 Å². The van der Waals surface area contributed by atoms with Crippen LogP contribution in [0.2, 0.25) is 0 Å². The van der Waals surface area contributed by atoms with Crippen LogP contribution < -0.4 is 5.32 Å². The van der Waals surface area contributed by atoms with Gasteiger partial charge >= 0.3 is 0 Å². The molecule has 1 aromatic carbocycles. The van der Waals surface area contributed by atoms with Crippen LogP contribution in [0.25, 0.3) is 0 Å². The molecule has 0 spiro atoms. The topological polar surface area (TPSA) is 93.5 Å². The van der Waals surface area contributed by atoms with Crippen LogP contribution in [0.15, 0.2) is 52.7 Å². The number of nitrogens with one attached hydrogen (secondary N) is 1. The highest BCUT2D eigenvalue weighted by Gasteiger charge is 2.32. The summed E-state index contributed by atoms with van der Waals surface area (Å²) < 4.78 is 34.5. The van der Waals surface area contributed by atoms with Crippen molar-refractivity contribution in [3.05, 3.63) is 69.7 Å². The van der Waals surface area contributed by atoms with Gasteiger partial charge in [-0.3, -0.25) is 9.48 Å². The molecule has 1 aliphatic rings. The summed E-state index contributed by atoms with van der Waals surface area (Å²) in [6, 6.07) is 13.4. The molecule has 1 aliphatic heterocycles. The first kappa shape index (κ1) is 22.7. The molecule has 170 valence electrons. The minimum Gasteiger partial charge on any atom is -0.379 e. The number of nitrogens with zero attached hydrogens (tertiary/aromatic N) is 3. The summed E-state index contributed by atoms with van der Waals surface area (Å²) in [6.45, 7) is 4.65. The van der Waals surface area contributed by atoms with Crippen molar-refractivity contribution in [3.63, 3.8) is 0 Å². The first-order chi connectivity index (χ1) is 15.4. The van der Waals surface area contributed by atoms with Gasteiger partial charge in [0.05, 0.1) is 30.6 Å². The van der Waals surface area contributed by atoms with Gasteiger partial charge in [-0.2, -0.15) is 9.40 Å². The van der Waals surface area contributed by atoms with Crippen molar-refractivity contribution < 1.29 is 17.9 Å². The van der Waals surface area contributed by atoms with E-state index in [4.69, 9.17) is 4.74 Å². The molecule has 0 radical (unpaired) electrons. The van der Waals surface area contributed by atoms with Crippen LogP contribution in [0.5, 0.6) is 0 Å². The largest absolute Gasteiger partial charge is 0.379 e. The van der Waals surface area contributed by atoms with Gasteiger partial charge in [0.15, 0.2) is 0 Å². The standard InChI is InChI=1S/C22H26N4O4S2/c1-16-22(32(28,29)25-10-12-30-13-11-25)17(2)26(24-16)15-20(27)23-21(19-9-6-14-31-19)18-7-4-3-5-8-18/h3-9,14,21H,10-13,15H2,1-2H3,(H,23,27)/t21-/m1/s1. The van der Waals surface area contributed by atoms with Crippen LogP contribution in [0.4, 0.5) is 0 Å². The van der Waals surface area contributed by atoms with Crippen molar-refractivity contribution in [1.29, 1.82) is 0 Å². The molecule has 1 amide bonds. The molecular weight excluding hydrogens is 448 g/mol. The maximum Gasteiger partial charge on any atom is 0.246 e. The summed E-state index contributed by atoms with van der Waals surface area (Å²) in [5.41, 5.74) is 1.82. The molecule has 1 fully saturated rings. The third-order valence-electron chi connectivity index (χ3n) is 5.44. The highest BCUT2D eigenvalue weighted by atomic mass is 32.2. The maximum absolute atomic E-state index is 13.2. The quantitative estimate of drug-likeness (QED) is 0.568. The maximum atomic E-state index is 13.2. The van der Waals surface area contributed by atoms with Crippen molar-refractivity contribution >= 4 is 27.3 Å². The predicted molar refractivity (Wildman–Crippen MR) is 122 cm³/mol. The number of aromatic nitrogens is 2. The van der Waals surface area contributed by atoms with E-state index >= 15 is 0 Å². The zero-order valence-electron chi connectivity index (χ0n) is 18.0. The third kappa shape index (κ3) is 4.63. The lowest BCUT2D eigenvalue weighted by Gasteiger charge is -2.26. The van der Waals surface area contributed by atoms with Gasteiger partial charge in [-0.05, 0) is 30.9 Å². The SMILES string of the molecule is Cc1nn(CC(=O)N[C@H](c2ccccc2)c2cccs2)c(C)c1S(=O)(=O)N1CCOCC1. The number of hydrogen-bond donors (Lipinski definition) is 1. The van der Waals surface area contributed by atoms with Crippen molar-refractivity contribution in [1.82, 2.24) is 19.4 Å². The van der Waals surface area contributed by atoms with Gasteiger partial charge in [-0.15, -0.1) is 11.3 Å². The molecule has 4 rings (SSSR count). The van der Waals surface area contributed by atoms with Gasteiger partial charge in [-0.25, -0.2) is 8.42 Å². The Hall–Kier alpha value is -2.53. The fourth-order valence-electron chi connectivity index (χ4n) is 3.89. The van der Waals surface area contributed by atoms with E-state index < -0.39 is 10.0 Å². The summed E-state index contributed by atoms with van der Waals surface area (Å²) in [5, 5.41) is 9.43. The third-order valence-corrected chi connectivity index (χ3v) is 8.53. The molecule has 0 saturated carbocycles. The number of carbonyl (C=O) groups is 1. The number of hydrogen-bond acceptors (Lipinski definition) is 6. The summed E-state index contributed by atoms with van der Waals surface area (Å²) in [7, 11) is -3.70. The lowest BCUT2D eigenvalue weighted by Crippen LogP contribution is -2.41. The normalized spacial score (nSPS) is 16.1. The van der Waals surface area contributed by atoms with E-state index in [1.165, 1.54) is 8.99 Å². The first-order valence-corrected chi connectivity index (χ1v) is 12.7. The Bertz CT molecular complexity index is 1170. The summed E-state index contributed by atoms with van der Waals surface area (Å²) >= 11 is 1.57. The number of morpholine rings is 1. The van der Waals surface area contributed by atoms with Crippen LogP contribution in [-0.4, -0.2) is 54.7 Å². The van der Waals surface area contributed by atoms with Crippen molar-refractivity contribution in [2.45, 2.75) is 31.3 Å². The Morgan fingerprint density at radius 1 is 1.16 bits per heavy atom. The molecular formula is C22H26N4O4S2. The van der Waals surface area contributed by atoms with Gasteiger partial charge < -0.3 is 10.1 Å². The zero-order valence-corrected chi connectivity index (χ0v) is 19.7. The number of amides is 1. The Kier molecular flexibility index (Phi) is 6.75. The zero-order chi connectivity index (χ0) is 22.7. The minimum atomic E-state index is -3.70. The molecule has 0 unspecified atom stereocenters. The van der Waals surface area contributed by atoms with Gasteiger partial charge in [-0.1, -0.05) is 36.4 Å². The lowest BCUT2D eigenvalue weighted by molar-refractivity contribution is -0.122. The second-order valence-corrected chi connectivity index (χ2v) is 10.5. The van der Waals surface area contributed by atoms with Gasteiger partial charge in [0, 0.05) is 18.0 Å². The number of aryl methyl sites for hydroxylation is 1. The average molecular weight is 475 g/mol. The van der Waals surface area contributed by atoms with Crippen molar-refractivity contribution in [2.24, 2.45) is 0 Å². The van der Waals surface area contributed by atoms with Crippen molar-refractivity contribution in [3.8, 4) is 0 Å². The Morgan fingerprint density at radius 3 is 2.53 bits per heavy atom. The molecule has 1 atom stereocenters. The number of ether oxygens (including phenoxy) is 1. The van der Waals surface area contributed by atoms with Gasteiger partial charge in [0.2, 0.25) is 15.9 Å².